The first-order valence-electron chi connectivity index (χ1n) is 4.31. The minimum Gasteiger partial charge on any atom is -0.490 e. The minimum atomic E-state index is -5.13. The van der Waals surface area contributed by atoms with E-state index < -0.39 is 35.7 Å². The van der Waals surface area contributed by atoms with Crippen LogP contribution in [0.3, 0.4) is 0 Å². The number of alkyl halides is 5. The van der Waals surface area contributed by atoms with E-state index in [0.717, 1.165) is 7.11 Å². The van der Waals surface area contributed by atoms with Crippen molar-refractivity contribution in [1.82, 2.24) is 4.98 Å². The molecule has 0 unspecified atom stereocenters. The zero-order valence-corrected chi connectivity index (χ0v) is 8.76. The molecule has 1 heterocycles. The first kappa shape index (κ1) is 14.0. The van der Waals surface area contributed by atoms with E-state index in [-0.39, 0.29) is 0 Å². The van der Waals surface area contributed by atoms with Gasteiger partial charge in [-0.3, -0.25) is 0 Å². The van der Waals surface area contributed by atoms with Crippen molar-refractivity contribution in [2.45, 2.75) is 12.8 Å². The van der Waals surface area contributed by atoms with Crippen molar-refractivity contribution < 1.29 is 31.4 Å². The molecule has 0 N–H and O–H groups in total. The van der Waals surface area contributed by atoms with Gasteiger partial charge in [0.1, 0.15) is 17.3 Å². The van der Waals surface area contributed by atoms with E-state index in [4.69, 9.17) is 5.26 Å². The van der Waals surface area contributed by atoms with Crippen LogP contribution in [0, 0.1) is 11.3 Å². The van der Waals surface area contributed by atoms with E-state index in [1.807, 2.05) is 0 Å². The van der Waals surface area contributed by atoms with E-state index in [2.05, 4.69) is 14.5 Å². The molecule has 1 aromatic heterocycles. The molecule has 0 aliphatic rings. The van der Waals surface area contributed by atoms with Crippen molar-refractivity contribution in [1.29, 1.82) is 5.26 Å². The third-order valence-corrected chi connectivity index (χ3v) is 1.72. The Morgan fingerprint density at radius 1 is 1.39 bits per heavy atom. The van der Waals surface area contributed by atoms with Gasteiger partial charge < -0.3 is 9.47 Å². The Labute approximate surface area is 97.6 Å². The minimum absolute atomic E-state index is 0.526. The van der Waals surface area contributed by atoms with E-state index in [9.17, 15) is 22.0 Å². The van der Waals surface area contributed by atoms with Crippen LogP contribution in [0.5, 0.6) is 11.6 Å². The second kappa shape index (κ2) is 5.03. The molecular formula is C9H5F5N2O2. The lowest BCUT2D eigenvalue weighted by Crippen LogP contribution is -2.19. The lowest BCUT2D eigenvalue weighted by atomic mass is 10.2. The fourth-order valence-electron chi connectivity index (χ4n) is 1.10. The van der Waals surface area contributed by atoms with Crippen LogP contribution in [0.4, 0.5) is 22.0 Å². The van der Waals surface area contributed by atoms with Gasteiger partial charge in [-0.1, -0.05) is 0 Å². The van der Waals surface area contributed by atoms with E-state index in [0.29, 0.717) is 6.07 Å². The predicted octanol–water partition coefficient (Wildman–Crippen LogP) is 2.80. The summed E-state index contributed by atoms with van der Waals surface area (Å²) in [6.45, 7) is 0. The van der Waals surface area contributed by atoms with Gasteiger partial charge in [-0.05, 0) is 6.07 Å². The quantitative estimate of drug-likeness (QED) is 0.791. The first-order valence-corrected chi connectivity index (χ1v) is 4.31. The number of hydrogen-bond acceptors (Lipinski definition) is 4. The summed E-state index contributed by atoms with van der Waals surface area (Å²) >= 11 is 0. The van der Waals surface area contributed by atoms with E-state index >= 15 is 0 Å². The maximum Gasteiger partial charge on any atom is 0.574 e. The highest BCUT2D eigenvalue weighted by Gasteiger charge is 2.34. The van der Waals surface area contributed by atoms with Crippen LogP contribution in [-0.2, 0) is 0 Å². The van der Waals surface area contributed by atoms with Crippen molar-refractivity contribution in [2.24, 2.45) is 0 Å². The van der Waals surface area contributed by atoms with E-state index in [1.165, 1.54) is 6.07 Å². The maximum absolute atomic E-state index is 12.4. The smallest absolute Gasteiger partial charge is 0.490 e. The molecule has 98 valence electrons. The van der Waals surface area contributed by atoms with Gasteiger partial charge in [0.05, 0.1) is 7.11 Å². The van der Waals surface area contributed by atoms with Gasteiger partial charge in [0.25, 0.3) is 12.3 Å². The second-order valence-corrected chi connectivity index (χ2v) is 2.89. The maximum atomic E-state index is 12.4. The number of halogens is 5. The molecule has 1 rings (SSSR count). The second-order valence-electron chi connectivity index (χ2n) is 2.89. The van der Waals surface area contributed by atoms with Crippen molar-refractivity contribution >= 4 is 0 Å². The summed E-state index contributed by atoms with van der Waals surface area (Å²) in [5.74, 6) is -1.88. The summed E-state index contributed by atoms with van der Waals surface area (Å²) < 4.78 is 68.8. The molecule has 0 atom stereocenters. The molecule has 0 bridgehead atoms. The van der Waals surface area contributed by atoms with Gasteiger partial charge >= 0.3 is 6.36 Å². The monoisotopic (exact) mass is 268 g/mol. The lowest BCUT2D eigenvalue weighted by Gasteiger charge is -2.13. The molecule has 1 aromatic rings. The Balaban J connectivity index is 3.37. The fourth-order valence-corrected chi connectivity index (χ4v) is 1.10. The number of nitrogens with zero attached hydrogens (tertiary/aromatic N) is 2. The van der Waals surface area contributed by atoms with Crippen molar-refractivity contribution in [3.8, 4) is 17.7 Å². The molecule has 0 saturated carbocycles. The number of pyridine rings is 1. The summed E-state index contributed by atoms with van der Waals surface area (Å²) in [7, 11) is 0.961. The van der Waals surface area contributed by atoms with Gasteiger partial charge in [0.15, 0.2) is 5.75 Å². The molecule has 18 heavy (non-hydrogen) atoms. The van der Waals surface area contributed by atoms with Crippen LogP contribution >= 0.6 is 0 Å². The first-order chi connectivity index (χ1) is 8.28. The summed E-state index contributed by atoms with van der Waals surface area (Å²) in [6, 6.07) is 2.05. The number of nitriles is 1. The standard InChI is InChI=1S/C9H5F5N2O2/c1-17-6-4(3-15)2-5(7(10)11)16-8(6)18-9(12,13)14/h2,7H,1H3. The summed E-state index contributed by atoms with van der Waals surface area (Å²) in [5, 5.41) is 8.64. The average molecular weight is 268 g/mol. The molecule has 0 amide bonds. The normalized spacial score (nSPS) is 11.2. The van der Waals surface area contributed by atoms with Gasteiger partial charge in [-0.25, -0.2) is 13.8 Å². The number of hydrogen-bond donors (Lipinski definition) is 0. The summed E-state index contributed by atoms with van der Waals surface area (Å²) in [5.41, 5.74) is -1.53. The molecule has 0 saturated heterocycles. The Morgan fingerprint density at radius 2 is 2.00 bits per heavy atom. The molecular weight excluding hydrogens is 263 g/mol. The predicted molar refractivity (Wildman–Crippen MR) is 47.1 cm³/mol. The van der Waals surface area contributed by atoms with Crippen LogP contribution in [-0.4, -0.2) is 18.5 Å². The molecule has 0 aromatic carbocycles. The Morgan fingerprint density at radius 3 is 2.39 bits per heavy atom. The number of rotatable bonds is 3. The molecule has 0 aliphatic carbocycles. The number of methoxy groups -OCH3 is 1. The highest BCUT2D eigenvalue weighted by Crippen LogP contribution is 2.35. The lowest BCUT2D eigenvalue weighted by molar-refractivity contribution is -0.276. The average Bonchev–Trinajstić information content (AvgIpc) is 2.25. The zero-order chi connectivity index (χ0) is 13.9. The highest BCUT2D eigenvalue weighted by molar-refractivity contribution is 5.50. The zero-order valence-electron chi connectivity index (χ0n) is 8.76. The summed E-state index contributed by atoms with van der Waals surface area (Å²) in [6.07, 6.45) is -8.27. The van der Waals surface area contributed by atoms with Gasteiger partial charge in [0.2, 0.25) is 0 Å². The summed E-state index contributed by atoms with van der Waals surface area (Å²) in [4.78, 5) is 2.97. The van der Waals surface area contributed by atoms with Crippen molar-refractivity contribution in [3.05, 3.63) is 17.3 Å². The van der Waals surface area contributed by atoms with Crippen LogP contribution in [0.25, 0.3) is 0 Å². The molecule has 0 spiro atoms. The molecule has 0 fully saturated rings. The van der Waals surface area contributed by atoms with Crippen LogP contribution in [0.15, 0.2) is 6.07 Å². The van der Waals surface area contributed by atoms with Crippen molar-refractivity contribution in [2.75, 3.05) is 7.11 Å². The number of aromatic nitrogens is 1. The molecule has 0 aliphatic heterocycles. The third kappa shape index (κ3) is 3.19. The highest BCUT2D eigenvalue weighted by atomic mass is 19.4. The third-order valence-electron chi connectivity index (χ3n) is 1.72. The van der Waals surface area contributed by atoms with Crippen LogP contribution in [0.2, 0.25) is 0 Å². The van der Waals surface area contributed by atoms with Gasteiger partial charge in [-0.2, -0.15) is 5.26 Å². The van der Waals surface area contributed by atoms with Crippen molar-refractivity contribution in [3.63, 3.8) is 0 Å². The van der Waals surface area contributed by atoms with Crippen LogP contribution < -0.4 is 9.47 Å². The fraction of sp³-hybridized carbons (Fsp3) is 0.333. The largest absolute Gasteiger partial charge is 0.574 e. The molecule has 9 heteroatoms. The topological polar surface area (TPSA) is 55.1 Å². The van der Waals surface area contributed by atoms with Gasteiger partial charge in [-0.15, -0.1) is 13.2 Å². The SMILES string of the molecule is COc1c(C#N)cc(C(F)F)nc1OC(F)(F)F. The molecule has 0 radical (unpaired) electrons. The molecule has 4 nitrogen and oxygen atoms in total. The Bertz CT molecular complexity index is 481. The number of ether oxygens (including phenoxy) is 2. The Kier molecular flexibility index (Phi) is 3.90. The van der Waals surface area contributed by atoms with Crippen LogP contribution in [0.1, 0.15) is 17.7 Å². The Hall–Kier alpha value is -2.11. The van der Waals surface area contributed by atoms with E-state index in [1.54, 1.807) is 0 Å². The van der Waals surface area contributed by atoms with Gasteiger partial charge in [0, 0.05) is 0 Å².